The van der Waals surface area contributed by atoms with Gasteiger partial charge in [0.25, 0.3) is 11.8 Å². The van der Waals surface area contributed by atoms with Gasteiger partial charge in [-0.2, -0.15) is 0 Å². The fourth-order valence-corrected chi connectivity index (χ4v) is 3.74. The minimum absolute atomic E-state index is 0.123. The van der Waals surface area contributed by atoms with Gasteiger partial charge in [-0.3, -0.25) is 9.59 Å². The summed E-state index contributed by atoms with van der Waals surface area (Å²) in [7, 11) is 1.70. The van der Waals surface area contributed by atoms with Crippen LogP contribution >= 0.6 is 0 Å². The highest BCUT2D eigenvalue weighted by atomic mass is 16.5. The van der Waals surface area contributed by atoms with Gasteiger partial charge in [0.05, 0.1) is 23.4 Å². The molecule has 0 saturated heterocycles. The van der Waals surface area contributed by atoms with Crippen LogP contribution in [0.2, 0.25) is 0 Å². The van der Waals surface area contributed by atoms with E-state index in [1.165, 1.54) is 11.3 Å². The average molecular weight is 395 g/mol. The monoisotopic (exact) mass is 394 g/mol. The van der Waals surface area contributed by atoms with Crippen LogP contribution in [0.15, 0.2) is 48.5 Å². The zero-order valence-corrected chi connectivity index (χ0v) is 17.3. The standard InChI is InChI=1S/C24H30N2O3/c1-3-17-29-22-16-10-8-14-20(22)24(28)26(2)21-15-9-7-13-19(21)23(27)25-18-11-5-4-6-12-18/h7-10,13-16,18H,3-6,11-12,17H2,1-2H3,(H,25,27). The summed E-state index contributed by atoms with van der Waals surface area (Å²) in [6.07, 6.45) is 6.44. The van der Waals surface area contributed by atoms with Crippen molar-refractivity contribution in [1.82, 2.24) is 5.32 Å². The molecule has 0 aromatic heterocycles. The van der Waals surface area contributed by atoms with Gasteiger partial charge in [-0.15, -0.1) is 0 Å². The molecule has 2 amide bonds. The van der Waals surface area contributed by atoms with Crippen molar-refractivity contribution in [2.45, 2.75) is 51.5 Å². The maximum atomic E-state index is 13.2. The van der Waals surface area contributed by atoms with Crippen molar-refractivity contribution >= 4 is 17.5 Å². The molecule has 1 N–H and O–H groups in total. The second kappa shape index (κ2) is 10.1. The number of carbonyl (C=O) groups is 2. The molecular formula is C24H30N2O3. The molecule has 0 unspecified atom stereocenters. The predicted molar refractivity (Wildman–Crippen MR) is 116 cm³/mol. The van der Waals surface area contributed by atoms with Crippen LogP contribution in [-0.4, -0.2) is 31.5 Å². The third kappa shape index (κ3) is 5.17. The van der Waals surface area contributed by atoms with Crippen LogP contribution in [0.4, 0.5) is 5.69 Å². The van der Waals surface area contributed by atoms with E-state index in [-0.39, 0.29) is 17.9 Å². The van der Waals surface area contributed by atoms with Gasteiger partial charge in [-0.05, 0) is 43.5 Å². The number of nitrogens with one attached hydrogen (secondary N) is 1. The van der Waals surface area contributed by atoms with Gasteiger partial charge in [0.1, 0.15) is 5.75 Å². The highest BCUT2D eigenvalue weighted by molar-refractivity contribution is 6.11. The van der Waals surface area contributed by atoms with Crippen molar-refractivity contribution in [3.05, 3.63) is 59.7 Å². The van der Waals surface area contributed by atoms with Gasteiger partial charge < -0.3 is 15.0 Å². The Labute approximate surface area is 173 Å². The maximum absolute atomic E-state index is 13.2. The smallest absolute Gasteiger partial charge is 0.261 e. The summed E-state index contributed by atoms with van der Waals surface area (Å²) in [6, 6.07) is 14.7. The molecule has 29 heavy (non-hydrogen) atoms. The number of hydrogen-bond donors (Lipinski definition) is 1. The lowest BCUT2D eigenvalue weighted by Gasteiger charge is -2.25. The fourth-order valence-electron chi connectivity index (χ4n) is 3.74. The lowest BCUT2D eigenvalue weighted by Crippen LogP contribution is -2.37. The Morgan fingerprint density at radius 1 is 1.00 bits per heavy atom. The molecule has 0 atom stereocenters. The zero-order chi connectivity index (χ0) is 20.6. The molecule has 0 aliphatic heterocycles. The minimum atomic E-state index is -0.199. The SMILES string of the molecule is CCCOc1ccccc1C(=O)N(C)c1ccccc1C(=O)NC1CCCCC1. The Morgan fingerprint density at radius 3 is 2.38 bits per heavy atom. The maximum Gasteiger partial charge on any atom is 0.261 e. The molecule has 1 aliphatic carbocycles. The molecular weight excluding hydrogens is 364 g/mol. The number of amides is 2. The van der Waals surface area contributed by atoms with Crippen LogP contribution in [0.25, 0.3) is 0 Å². The topological polar surface area (TPSA) is 58.6 Å². The van der Waals surface area contributed by atoms with Crippen molar-refractivity contribution in [3.63, 3.8) is 0 Å². The van der Waals surface area contributed by atoms with Crippen LogP contribution in [0, 0.1) is 0 Å². The number of para-hydroxylation sites is 2. The first-order valence-corrected chi connectivity index (χ1v) is 10.5. The number of hydrogen-bond acceptors (Lipinski definition) is 3. The van der Waals surface area contributed by atoms with Crippen molar-refractivity contribution in [2.24, 2.45) is 0 Å². The van der Waals surface area contributed by atoms with Crippen molar-refractivity contribution in [2.75, 3.05) is 18.6 Å². The van der Waals surface area contributed by atoms with Crippen LogP contribution in [0.5, 0.6) is 5.75 Å². The molecule has 0 radical (unpaired) electrons. The van der Waals surface area contributed by atoms with E-state index in [1.54, 1.807) is 25.2 Å². The summed E-state index contributed by atoms with van der Waals surface area (Å²) < 4.78 is 5.74. The third-order valence-electron chi connectivity index (χ3n) is 5.33. The lowest BCUT2D eigenvalue weighted by molar-refractivity contribution is 0.0928. The van der Waals surface area contributed by atoms with Crippen LogP contribution in [-0.2, 0) is 0 Å². The van der Waals surface area contributed by atoms with E-state index in [1.807, 2.05) is 37.3 Å². The number of rotatable bonds is 7. The highest BCUT2D eigenvalue weighted by Crippen LogP contribution is 2.26. The van der Waals surface area contributed by atoms with E-state index in [9.17, 15) is 9.59 Å². The Bertz CT molecular complexity index is 844. The Morgan fingerprint density at radius 2 is 1.66 bits per heavy atom. The molecule has 2 aromatic carbocycles. The van der Waals surface area contributed by atoms with Crippen LogP contribution < -0.4 is 15.0 Å². The Kier molecular flexibility index (Phi) is 7.28. The predicted octanol–water partition coefficient (Wildman–Crippen LogP) is 4.81. The van der Waals surface area contributed by atoms with Gasteiger partial charge in [0, 0.05) is 13.1 Å². The first-order chi connectivity index (χ1) is 14.1. The van der Waals surface area contributed by atoms with Crippen LogP contribution in [0.3, 0.4) is 0 Å². The van der Waals surface area contributed by atoms with E-state index in [2.05, 4.69) is 5.32 Å². The molecule has 3 rings (SSSR count). The lowest BCUT2D eigenvalue weighted by atomic mass is 9.95. The normalized spacial score (nSPS) is 14.3. The van der Waals surface area contributed by atoms with Crippen molar-refractivity contribution in [3.8, 4) is 5.75 Å². The summed E-state index contributed by atoms with van der Waals surface area (Å²) in [4.78, 5) is 27.7. The second-order valence-corrected chi connectivity index (χ2v) is 7.53. The third-order valence-corrected chi connectivity index (χ3v) is 5.33. The van der Waals surface area contributed by atoms with Gasteiger partial charge in [-0.1, -0.05) is 50.5 Å². The molecule has 1 fully saturated rings. The summed E-state index contributed by atoms with van der Waals surface area (Å²) in [5.41, 5.74) is 1.60. The first-order valence-electron chi connectivity index (χ1n) is 10.5. The zero-order valence-electron chi connectivity index (χ0n) is 17.3. The number of carbonyl (C=O) groups excluding carboxylic acids is 2. The van der Waals surface area contributed by atoms with E-state index in [0.717, 1.165) is 32.1 Å². The second-order valence-electron chi connectivity index (χ2n) is 7.53. The number of nitrogens with zero attached hydrogens (tertiary/aromatic N) is 1. The number of anilines is 1. The summed E-state index contributed by atoms with van der Waals surface area (Å²) in [5, 5.41) is 3.15. The molecule has 0 spiro atoms. The first kappa shape index (κ1) is 20.9. The molecule has 5 nitrogen and oxygen atoms in total. The van der Waals surface area contributed by atoms with Gasteiger partial charge in [-0.25, -0.2) is 0 Å². The van der Waals surface area contributed by atoms with E-state index in [4.69, 9.17) is 4.74 Å². The average Bonchev–Trinajstić information content (AvgIpc) is 2.77. The molecule has 0 bridgehead atoms. The molecule has 1 aliphatic rings. The molecule has 2 aromatic rings. The van der Waals surface area contributed by atoms with E-state index < -0.39 is 0 Å². The molecule has 5 heteroatoms. The minimum Gasteiger partial charge on any atom is -0.493 e. The fraction of sp³-hybridized carbons (Fsp3) is 0.417. The number of ether oxygens (including phenoxy) is 1. The molecule has 0 heterocycles. The van der Waals surface area contributed by atoms with E-state index >= 15 is 0 Å². The number of benzene rings is 2. The van der Waals surface area contributed by atoms with Gasteiger partial charge in [0.2, 0.25) is 0 Å². The largest absolute Gasteiger partial charge is 0.493 e. The van der Waals surface area contributed by atoms with E-state index in [0.29, 0.717) is 29.2 Å². The van der Waals surface area contributed by atoms with Crippen molar-refractivity contribution < 1.29 is 14.3 Å². The Balaban J connectivity index is 1.82. The summed E-state index contributed by atoms with van der Waals surface area (Å²) in [6.45, 7) is 2.58. The van der Waals surface area contributed by atoms with Crippen LogP contribution in [0.1, 0.15) is 66.2 Å². The van der Waals surface area contributed by atoms with Crippen molar-refractivity contribution in [1.29, 1.82) is 0 Å². The Hall–Kier alpha value is -2.82. The summed E-state index contributed by atoms with van der Waals surface area (Å²) >= 11 is 0. The van der Waals surface area contributed by atoms with Gasteiger partial charge in [0.15, 0.2) is 0 Å². The van der Waals surface area contributed by atoms with Gasteiger partial charge >= 0.3 is 0 Å². The quantitative estimate of drug-likeness (QED) is 0.733. The summed E-state index contributed by atoms with van der Waals surface area (Å²) in [5.74, 6) is 0.243. The molecule has 154 valence electrons. The molecule has 1 saturated carbocycles. The highest BCUT2D eigenvalue weighted by Gasteiger charge is 2.23.